The fraction of sp³-hybridized carbons (Fsp3) is 0.600. The Morgan fingerprint density at radius 2 is 2.17 bits per heavy atom. The minimum Gasteiger partial charge on any atom is -0.323 e. The van der Waals surface area contributed by atoms with E-state index < -0.39 is 10.8 Å². The molecule has 100 valence electrons. The average Bonchev–Trinajstić information content (AvgIpc) is 2.57. The van der Waals surface area contributed by atoms with Gasteiger partial charge in [-0.3, -0.25) is 4.21 Å². The van der Waals surface area contributed by atoms with Crippen LogP contribution in [0.25, 0.3) is 0 Å². The Kier molecular flexibility index (Phi) is 4.57. The average molecular weight is 265 g/mol. The van der Waals surface area contributed by atoms with E-state index in [1.165, 1.54) is 11.1 Å². The summed E-state index contributed by atoms with van der Waals surface area (Å²) in [6, 6.07) is 8.29. The van der Waals surface area contributed by atoms with Gasteiger partial charge in [0.05, 0.1) is 5.25 Å². The first-order valence-electron chi connectivity index (χ1n) is 6.88. The molecule has 4 atom stereocenters. The van der Waals surface area contributed by atoms with Gasteiger partial charge in [-0.2, -0.15) is 0 Å². The molecule has 0 aliphatic heterocycles. The molecule has 1 aromatic carbocycles. The van der Waals surface area contributed by atoms with Gasteiger partial charge in [0.2, 0.25) is 0 Å². The van der Waals surface area contributed by atoms with Crippen LogP contribution in [0, 0.1) is 0 Å². The molecular weight excluding hydrogens is 242 g/mol. The van der Waals surface area contributed by atoms with Gasteiger partial charge in [0.1, 0.15) is 0 Å². The van der Waals surface area contributed by atoms with Crippen molar-refractivity contribution < 1.29 is 4.21 Å². The number of nitrogens with two attached hydrogens (primary N) is 1. The van der Waals surface area contributed by atoms with Crippen molar-refractivity contribution in [3.05, 3.63) is 35.4 Å². The van der Waals surface area contributed by atoms with E-state index in [0.29, 0.717) is 0 Å². The second-order valence-corrected chi connectivity index (χ2v) is 7.27. The molecule has 0 bridgehead atoms. The van der Waals surface area contributed by atoms with Crippen LogP contribution in [-0.4, -0.2) is 14.7 Å². The lowest BCUT2D eigenvalue weighted by Crippen LogP contribution is -2.33. The Bertz CT molecular complexity index is 432. The first-order valence-corrected chi connectivity index (χ1v) is 8.15. The molecule has 3 heteroatoms. The molecule has 2 rings (SSSR count). The maximum Gasteiger partial charge on any atom is 0.0543 e. The Hall–Kier alpha value is -0.670. The van der Waals surface area contributed by atoms with Crippen LogP contribution in [0.2, 0.25) is 0 Å². The van der Waals surface area contributed by atoms with E-state index in [4.69, 9.17) is 5.73 Å². The number of fused-ring (bicyclic) bond motifs is 1. The lowest BCUT2D eigenvalue weighted by molar-refractivity contribution is 0.588. The zero-order valence-electron chi connectivity index (χ0n) is 11.3. The highest BCUT2D eigenvalue weighted by Gasteiger charge is 2.30. The minimum atomic E-state index is -0.825. The number of hydrogen-bond donors (Lipinski definition) is 1. The molecule has 2 N–H and O–H groups in total. The summed E-state index contributed by atoms with van der Waals surface area (Å²) < 4.78 is 12.5. The summed E-state index contributed by atoms with van der Waals surface area (Å²) in [6.45, 7) is 4.17. The summed E-state index contributed by atoms with van der Waals surface area (Å²) in [7, 11) is -0.825. The van der Waals surface area contributed by atoms with Gasteiger partial charge >= 0.3 is 0 Å². The second-order valence-electron chi connectivity index (χ2n) is 5.20. The van der Waals surface area contributed by atoms with Crippen molar-refractivity contribution in [3.63, 3.8) is 0 Å². The fourth-order valence-corrected chi connectivity index (χ4v) is 4.44. The van der Waals surface area contributed by atoms with Gasteiger partial charge in [0.25, 0.3) is 0 Å². The Balaban J connectivity index is 2.27. The molecule has 0 heterocycles. The van der Waals surface area contributed by atoms with E-state index in [9.17, 15) is 4.21 Å². The van der Waals surface area contributed by atoms with Gasteiger partial charge in [-0.1, -0.05) is 38.1 Å². The number of aryl methyl sites for hydroxylation is 1. The van der Waals surface area contributed by atoms with Crippen LogP contribution in [0.3, 0.4) is 0 Å². The predicted molar refractivity (Wildman–Crippen MR) is 78.0 cm³/mol. The number of benzene rings is 1. The molecular formula is C15H23NOS. The maximum absolute atomic E-state index is 12.5. The lowest BCUT2D eigenvalue weighted by Gasteiger charge is -2.25. The topological polar surface area (TPSA) is 43.1 Å². The highest BCUT2D eigenvalue weighted by Crippen LogP contribution is 2.31. The smallest absolute Gasteiger partial charge is 0.0543 e. The highest BCUT2D eigenvalue weighted by atomic mass is 32.2. The highest BCUT2D eigenvalue weighted by molar-refractivity contribution is 7.86. The van der Waals surface area contributed by atoms with Crippen molar-refractivity contribution in [2.24, 2.45) is 5.73 Å². The third kappa shape index (κ3) is 2.67. The standard InChI is InChI=1S/C15H23NOS/c1-3-11(2)18(17)14-10-6-8-12-7-4-5-9-13(12)15(14)16/h4-5,7,9,11,14-15H,3,6,8,10,16H2,1-2H3. The second kappa shape index (κ2) is 5.98. The fourth-order valence-electron chi connectivity index (χ4n) is 2.68. The zero-order valence-corrected chi connectivity index (χ0v) is 12.1. The van der Waals surface area contributed by atoms with Crippen LogP contribution in [0.4, 0.5) is 0 Å². The van der Waals surface area contributed by atoms with Gasteiger partial charge in [-0.15, -0.1) is 0 Å². The lowest BCUT2D eigenvalue weighted by atomic mass is 10.00. The summed E-state index contributed by atoms with van der Waals surface area (Å²) in [5, 5.41) is 0.356. The van der Waals surface area contributed by atoms with Crippen molar-refractivity contribution in [2.45, 2.75) is 56.1 Å². The Morgan fingerprint density at radius 1 is 1.44 bits per heavy atom. The van der Waals surface area contributed by atoms with Crippen molar-refractivity contribution in [1.29, 1.82) is 0 Å². The maximum atomic E-state index is 12.5. The molecule has 18 heavy (non-hydrogen) atoms. The van der Waals surface area contributed by atoms with E-state index in [1.807, 2.05) is 6.07 Å². The first-order chi connectivity index (χ1) is 8.65. The summed E-state index contributed by atoms with van der Waals surface area (Å²) in [4.78, 5) is 0. The minimum absolute atomic E-state index is 0.0708. The third-order valence-electron chi connectivity index (χ3n) is 4.02. The van der Waals surface area contributed by atoms with E-state index in [-0.39, 0.29) is 16.5 Å². The van der Waals surface area contributed by atoms with Crippen LogP contribution in [0.1, 0.15) is 50.3 Å². The van der Waals surface area contributed by atoms with Gasteiger partial charge < -0.3 is 5.73 Å². The molecule has 0 aromatic heterocycles. The van der Waals surface area contributed by atoms with Gasteiger partial charge in [-0.05, 0) is 36.8 Å². The molecule has 1 aliphatic rings. The summed E-state index contributed by atoms with van der Waals surface area (Å²) in [5.41, 5.74) is 8.94. The zero-order chi connectivity index (χ0) is 13.1. The molecule has 1 aliphatic carbocycles. The van der Waals surface area contributed by atoms with Crippen LogP contribution in [0.15, 0.2) is 24.3 Å². The van der Waals surface area contributed by atoms with Gasteiger partial charge in [0, 0.05) is 22.1 Å². The van der Waals surface area contributed by atoms with Crippen molar-refractivity contribution in [1.82, 2.24) is 0 Å². The predicted octanol–water partition coefficient (Wildman–Crippen LogP) is 2.94. The monoisotopic (exact) mass is 265 g/mol. The SMILES string of the molecule is CCC(C)S(=O)C1CCCc2ccccc2C1N. The summed E-state index contributed by atoms with van der Waals surface area (Å²) >= 11 is 0. The molecule has 0 fully saturated rings. The van der Waals surface area contributed by atoms with E-state index in [2.05, 4.69) is 32.0 Å². The molecule has 0 saturated heterocycles. The molecule has 4 unspecified atom stereocenters. The Labute approximate surface area is 112 Å². The summed E-state index contributed by atoms with van der Waals surface area (Å²) in [6.07, 6.45) is 4.10. The Morgan fingerprint density at radius 3 is 2.89 bits per heavy atom. The van der Waals surface area contributed by atoms with Crippen molar-refractivity contribution in [3.8, 4) is 0 Å². The number of rotatable bonds is 3. The first kappa shape index (κ1) is 13.8. The number of hydrogen-bond acceptors (Lipinski definition) is 2. The van der Waals surface area contributed by atoms with Gasteiger partial charge in [0.15, 0.2) is 0 Å². The van der Waals surface area contributed by atoms with Crippen LogP contribution in [-0.2, 0) is 17.2 Å². The molecule has 2 nitrogen and oxygen atoms in total. The van der Waals surface area contributed by atoms with E-state index in [0.717, 1.165) is 25.7 Å². The van der Waals surface area contributed by atoms with Gasteiger partial charge in [-0.25, -0.2) is 0 Å². The normalized spacial score (nSPS) is 27.1. The van der Waals surface area contributed by atoms with Crippen molar-refractivity contribution in [2.75, 3.05) is 0 Å². The van der Waals surface area contributed by atoms with Crippen LogP contribution >= 0.6 is 0 Å². The quantitative estimate of drug-likeness (QED) is 0.854. The third-order valence-corrected chi connectivity index (χ3v) is 6.27. The van der Waals surface area contributed by atoms with E-state index in [1.54, 1.807) is 0 Å². The molecule has 1 aromatic rings. The van der Waals surface area contributed by atoms with Crippen LogP contribution < -0.4 is 5.73 Å². The largest absolute Gasteiger partial charge is 0.323 e. The van der Waals surface area contributed by atoms with Crippen LogP contribution in [0.5, 0.6) is 0 Å². The molecule has 0 spiro atoms. The summed E-state index contributed by atoms with van der Waals surface area (Å²) in [5.74, 6) is 0. The molecule has 0 saturated carbocycles. The van der Waals surface area contributed by atoms with E-state index >= 15 is 0 Å². The molecule has 0 amide bonds. The van der Waals surface area contributed by atoms with Crippen molar-refractivity contribution >= 4 is 10.8 Å². The molecule has 0 radical (unpaired) electrons.